The molecule has 3 rings (SSSR count). The number of nitrogens with zero attached hydrogens (tertiary/aromatic N) is 2. The molecular formula is C22H29F2N3O. The van der Waals surface area contributed by atoms with Gasteiger partial charge in [-0.15, -0.1) is 0 Å². The number of halogens is 2. The van der Waals surface area contributed by atoms with E-state index < -0.39 is 0 Å². The third-order valence-electron chi connectivity index (χ3n) is 5.48. The first-order valence-corrected chi connectivity index (χ1v) is 9.85. The molecule has 4 nitrogen and oxygen atoms in total. The molecule has 0 spiro atoms. The molecule has 1 aliphatic rings. The quantitative estimate of drug-likeness (QED) is 0.776. The summed E-state index contributed by atoms with van der Waals surface area (Å²) in [6.07, 6.45) is 0. The van der Waals surface area contributed by atoms with Crippen molar-refractivity contribution in [3.8, 4) is 5.75 Å². The molecule has 1 saturated heterocycles. The van der Waals surface area contributed by atoms with Gasteiger partial charge in [-0.2, -0.15) is 0 Å². The number of methoxy groups -OCH3 is 1. The second kappa shape index (κ2) is 9.34. The highest BCUT2D eigenvalue weighted by Crippen LogP contribution is 2.29. The minimum Gasteiger partial charge on any atom is -0.494 e. The first-order valence-electron chi connectivity index (χ1n) is 9.85. The lowest BCUT2D eigenvalue weighted by molar-refractivity contribution is 0.271. The van der Waals surface area contributed by atoms with Crippen molar-refractivity contribution in [2.45, 2.75) is 26.4 Å². The molecule has 0 radical (unpaired) electrons. The molecule has 152 valence electrons. The monoisotopic (exact) mass is 389 g/mol. The van der Waals surface area contributed by atoms with Gasteiger partial charge in [-0.1, -0.05) is 19.1 Å². The zero-order valence-electron chi connectivity index (χ0n) is 16.8. The van der Waals surface area contributed by atoms with Crippen molar-refractivity contribution < 1.29 is 13.5 Å². The fourth-order valence-electron chi connectivity index (χ4n) is 3.69. The molecule has 1 fully saturated rings. The molecule has 0 saturated carbocycles. The Bertz CT molecular complexity index is 791. The van der Waals surface area contributed by atoms with E-state index in [1.165, 1.54) is 13.2 Å². The summed E-state index contributed by atoms with van der Waals surface area (Å²) >= 11 is 0. The molecule has 1 heterocycles. The Labute approximate surface area is 166 Å². The number of hydrogen-bond acceptors (Lipinski definition) is 4. The van der Waals surface area contributed by atoms with Crippen LogP contribution in [0, 0.1) is 11.6 Å². The summed E-state index contributed by atoms with van der Waals surface area (Å²) in [7, 11) is 1.45. The molecular weight excluding hydrogens is 360 g/mol. The van der Waals surface area contributed by atoms with E-state index in [1.54, 1.807) is 24.3 Å². The highest BCUT2D eigenvalue weighted by atomic mass is 19.1. The highest BCUT2D eigenvalue weighted by Gasteiger charge is 2.21. The molecule has 6 heteroatoms. The van der Waals surface area contributed by atoms with Gasteiger partial charge in [0.1, 0.15) is 5.82 Å². The summed E-state index contributed by atoms with van der Waals surface area (Å²) in [6, 6.07) is 9.93. The van der Waals surface area contributed by atoms with Gasteiger partial charge in [0.25, 0.3) is 0 Å². The second-order valence-corrected chi connectivity index (χ2v) is 7.16. The van der Waals surface area contributed by atoms with Crippen LogP contribution in [0.2, 0.25) is 0 Å². The van der Waals surface area contributed by atoms with E-state index in [-0.39, 0.29) is 23.4 Å². The average molecular weight is 389 g/mol. The Kier molecular flexibility index (Phi) is 6.86. The van der Waals surface area contributed by atoms with E-state index in [4.69, 9.17) is 4.74 Å². The normalized spacial score (nSPS) is 16.2. The molecule has 1 aliphatic heterocycles. The van der Waals surface area contributed by atoms with Crippen LogP contribution < -0.4 is 15.0 Å². The van der Waals surface area contributed by atoms with Gasteiger partial charge < -0.3 is 19.9 Å². The standard InChI is InChI=1S/C22H29F2N3O/c1-4-26-10-12-27(13-11-26)20-9-8-18(23)14-19(20)16(2)25-15-17-6-5-7-21(28-3)22(17)24/h5-9,14,16,25H,4,10-13,15H2,1-3H3. The zero-order chi connectivity index (χ0) is 20.1. The summed E-state index contributed by atoms with van der Waals surface area (Å²) in [6.45, 7) is 9.39. The number of likely N-dealkylation sites (N-methyl/N-ethyl adjacent to an activating group) is 1. The van der Waals surface area contributed by atoms with E-state index in [2.05, 4.69) is 22.0 Å². The maximum absolute atomic E-state index is 14.4. The van der Waals surface area contributed by atoms with E-state index in [9.17, 15) is 8.78 Å². The third kappa shape index (κ3) is 4.62. The summed E-state index contributed by atoms with van der Waals surface area (Å²) in [4.78, 5) is 4.72. The molecule has 0 amide bonds. The van der Waals surface area contributed by atoms with Gasteiger partial charge in [0, 0.05) is 50.0 Å². The van der Waals surface area contributed by atoms with Crippen molar-refractivity contribution in [3.05, 3.63) is 59.2 Å². The van der Waals surface area contributed by atoms with Crippen LogP contribution in [0.3, 0.4) is 0 Å². The number of anilines is 1. The van der Waals surface area contributed by atoms with Crippen LogP contribution in [0.5, 0.6) is 5.75 Å². The SMILES string of the molecule is CCN1CCN(c2ccc(F)cc2C(C)NCc2cccc(OC)c2F)CC1. The molecule has 28 heavy (non-hydrogen) atoms. The molecule has 1 atom stereocenters. The topological polar surface area (TPSA) is 27.7 Å². The van der Waals surface area contributed by atoms with Crippen LogP contribution in [-0.2, 0) is 6.54 Å². The molecule has 0 aliphatic carbocycles. The smallest absolute Gasteiger partial charge is 0.169 e. The van der Waals surface area contributed by atoms with Crippen molar-refractivity contribution in [2.75, 3.05) is 44.7 Å². The predicted octanol–water partition coefficient (Wildman–Crippen LogP) is 3.97. The lowest BCUT2D eigenvalue weighted by Gasteiger charge is -2.37. The van der Waals surface area contributed by atoms with Crippen LogP contribution in [0.4, 0.5) is 14.5 Å². The van der Waals surface area contributed by atoms with E-state index >= 15 is 0 Å². The molecule has 0 aromatic heterocycles. The number of piperazine rings is 1. The van der Waals surface area contributed by atoms with Crippen molar-refractivity contribution in [3.63, 3.8) is 0 Å². The second-order valence-electron chi connectivity index (χ2n) is 7.16. The lowest BCUT2D eigenvalue weighted by Crippen LogP contribution is -2.46. The van der Waals surface area contributed by atoms with Gasteiger partial charge in [-0.3, -0.25) is 0 Å². The number of nitrogens with one attached hydrogen (secondary N) is 1. The summed E-state index contributed by atoms with van der Waals surface area (Å²) < 4.78 is 33.4. The van der Waals surface area contributed by atoms with Crippen molar-refractivity contribution in [1.29, 1.82) is 0 Å². The Hall–Kier alpha value is -2.18. The number of ether oxygens (including phenoxy) is 1. The van der Waals surface area contributed by atoms with Crippen LogP contribution >= 0.6 is 0 Å². The molecule has 2 aromatic carbocycles. The van der Waals surface area contributed by atoms with Gasteiger partial charge in [-0.05, 0) is 43.3 Å². The van der Waals surface area contributed by atoms with E-state index in [0.717, 1.165) is 44.0 Å². The summed E-state index contributed by atoms with van der Waals surface area (Å²) in [5.41, 5.74) is 2.47. The van der Waals surface area contributed by atoms with Gasteiger partial charge in [0.2, 0.25) is 0 Å². The van der Waals surface area contributed by atoms with Gasteiger partial charge in [0.05, 0.1) is 7.11 Å². The Morgan fingerprint density at radius 3 is 2.54 bits per heavy atom. The molecule has 1 N–H and O–H groups in total. The fraction of sp³-hybridized carbons (Fsp3) is 0.455. The van der Waals surface area contributed by atoms with E-state index in [1.807, 2.05) is 13.0 Å². The number of benzene rings is 2. The maximum atomic E-state index is 14.4. The van der Waals surface area contributed by atoms with Crippen molar-refractivity contribution in [2.24, 2.45) is 0 Å². The maximum Gasteiger partial charge on any atom is 0.169 e. The van der Waals surface area contributed by atoms with E-state index in [0.29, 0.717) is 12.1 Å². The fourth-order valence-corrected chi connectivity index (χ4v) is 3.69. The Morgan fingerprint density at radius 2 is 1.86 bits per heavy atom. The summed E-state index contributed by atoms with van der Waals surface area (Å²) in [5, 5.41) is 3.33. The van der Waals surface area contributed by atoms with Gasteiger partial charge in [-0.25, -0.2) is 8.78 Å². The van der Waals surface area contributed by atoms with Crippen molar-refractivity contribution >= 4 is 5.69 Å². The predicted molar refractivity (Wildman–Crippen MR) is 109 cm³/mol. The summed E-state index contributed by atoms with van der Waals surface area (Å²) in [5.74, 6) is -0.390. The Morgan fingerprint density at radius 1 is 1.11 bits per heavy atom. The minimum atomic E-state index is -0.361. The van der Waals surface area contributed by atoms with Crippen molar-refractivity contribution in [1.82, 2.24) is 10.2 Å². The highest BCUT2D eigenvalue weighted by molar-refractivity contribution is 5.55. The third-order valence-corrected chi connectivity index (χ3v) is 5.48. The first-order chi connectivity index (χ1) is 13.5. The Balaban J connectivity index is 1.74. The lowest BCUT2D eigenvalue weighted by atomic mass is 10.0. The first kappa shape index (κ1) is 20.6. The molecule has 2 aromatic rings. The number of hydrogen-bond donors (Lipinski definition) is 1. The molecule has 0 bridgehead atoms. The largest absolute Gasteiger partial charge is 0.494 e. The minimum absolute atomic E-state index is 0.125. The van der Waals surface area contributed by atoms with Gasteiger partial charge >= 0.3 is 0 Å². The number of rotatable bonds is 7. The van der Waals surface area contributed by atoms with Crippen LogP contribution in [0.25, 0.3) is 0 Å². The van der Waals surface area contributed by atoms with Crippen LogP contribution in [0.15, 0.2) is 36.4 Å². The van der Waals surface area contributed by atoms with Gasteiger partial charge in [0.15, 0.2) is 11.6 Å². The zero-order valence-corrected chi connectivity index (χ0v) is 16.8. The van der Waals surface area contributed by atoms with Crippen LogP contribution in [-0.4, -0.2) is 44.7 Å². The average Bonchev–Trinajstić information content (AvgIpc) is 2.73. The van der Waals surface area contributed by atoms with Crippen LogP contribution in [0.1, 0.15) is 31.0 Å². The molecule has 1 unspecified atom stereocenters.